The van der Waals surface area contributed by atoms with Gasteiger partial charge in [0, 0.05) is 35.6 Å². The predicted octanol–water partition coefficient (Wildman–Crippen LogP) is 1.54. The Morgan fingerprint density at radius 2 is 2.27 bits per heavy atom. The summed E-state index contributed by atoms with van der Waals surface area (Å²) < 4.78 is 0. The zero-order valence-corrected chi connectivity index (χ0v) is 10.9. The quantitative estimate of drug-likeness (QED) is 0.774. The minimum Gasteiger partial charge on any atom is -0.481 e. The van der Waals surface area contributed by atoms with E-state index < -0.39 is 11.4 Å². The van der Waals surface area contributed by atoms with Gasteiger partial charge >= 0.3 is 5.97 Å². The molecule has 0 aromatic carbocycles. The van der Waals surface area contributed by atoms with E-state index in [1.165, 1.54) is 17.3 Å². The Hall–Kier alpha value is 0.130. The summed E-state index contributed by atoms with van der Waals surface area (Å²) in [7, 11) is 0. The van der Waals surface area contributed by atoms with Gasteiger partial charge in [0.2, 0.25) is 0 Å². The molecule has 1 heterocycles. The summed E-state index contributed by atoms with van der Waals surface area (Å²) >= 11 is 3.98. The van der Waals surface area contributed by atoms with Gasteiger partial charge in [0.1, 0.15) is 0 Å². The monoisotopic (exact) mass is 249 g/mol. The molecule has 3 nitrogen and oxygen atoms in total. The zero-order chi connectivity index (χ0) is 11.3. The summed E-state index contributed by atoms with van der Waals surface area (Å²) in [6.07, 6.45) is 0. The number of carboxylic acids is 1. The van der Waals surface area contributed by atoms with Crippen molar-refractivity contribution in [1.82, 2.24) is 5.32 Å². The number of carboxylic acid groups (broad SMARTS) is 1. The topological polar surface area (TPSA) is 49.3 Å². The predicted molar refractivity (Wildman–Crippen MR) is 67.9 cm³/mol. The van der Waals surface area contributed by atoms with E-state index in [0.717, 1.165) is 6.54 Å². The summed E-state index contributed by atoms with van der Waals surface area (Å²) in [6, 6.07) is 0. The Morgan fingerprint density at radius 3 is 2.80 bits per heavy atom. The Kier molecular flexibility index (Phi) is 5.29. The van der Waals surface area contributed by atoms with Crippen LogP contribution in [-0.4, -0.2) is 46.7 Å². The molecule has 0 bridgehead atoms. The SMILES string of the molecule is CC(C)(CNCC1CSCCS1)C(=O)O. The van der Waals surface area contributed by atoms with Gasteiger partial charge in [-0.15, -0.1) is 0 Å². The maximum absolute atomic E-state index is 10.9. The third kappa shape index (κ3) is 4.66. The molecular formula is C10H19NO2S2. The van der Waals surface area contributed by atoms with Crippen molar-refractivity contribution >= 4 is 29.5 Å². The van der Waals surface area contributed by atoms with Crippen LogP contribution in [0.15, 0.2) is 0 Å². The van der Waals surface area contributed by atoms with Crippen LogP contribution < -0.4 is 5.32 Å². The van der Waals surface area contributed by atoms with Crippen LogP contribution in [0.5, 0.6) is 0 Å². The van der Waals surface area contributed by atoms with Crippen LogP contribution in [0.3, 0.4) is 0 Å². The third-order valence-corrected chi connectivity index (χ3v) is 5.25. The maximum Gasteiger partial charge on any atom is 0.310 e. The Balaban J connectivity index is 2.17. The highest BCUT2D eigenvalue weighted by atomic mass is 32.2. The number of thioether (sulfide) groups is 2. The fourth-order valence-corrected chi connectivity index (χ4v) is 3.92. The van der Waals surface area contributed by atoms with Crippen LogP contribution >= 0.6 is 23.5 Å². The molecule has 88 valence electrons. The van der Waals surface area contributed by atoms with Crippen molar-refractivity contribution in [2.24, 2.45) is 5.41 Å². The highest BCUT2D eigenvalue weighted by molar-refractivity contribution is 8.06. The van der Waals surface area contributed by atoms with Crippen LogP contribution in [0.25, 0.3) is 0 Å². The molecule has 1 fully saturated rings. The minimum absolute atomic E-state index is 0.546. The van der Waals surface area contributed by atoms with E-state index in [1.54, 1.807) is 13.8 Å². The molecule has 0 aromatic heterocycles. The molecular weight excluding hydrogens is 230 g/mol. The van der Waals surface area contributed by atoms with Gasteiger partial charge in [0.15, 0.2) is 0 Å². The third-order valence-electron chi connectivity index (χ3n) is 2.40. The largest absolute Gasteiger partial charge is 0.481 e. The van der Waals surface area contributed by atoms with Gasteiger partial charge < -0.3 is 10.4 Å². The van der Waals surface area contributed by atoms with Gasteiger partial charge in [-0.25, -0.2) is 0 Å². The standard InChI is InChI=1S/C10H19NO2S2/c1-10(2,9(12)13)7-11-5-8-6-14-3-4-15-8/h8,11H,3-7H2,1-2H3,(H,12,13). The number of aliphatic carboxylic acids is 1. The summed E-state index contributed by atoms with van der Waals surface area (Å²) in [5.74, 6) is 2.92. The first-order chi connectivity index (χ1) is 7.02. The number of rotatable bonds is 5. The van der Waals surface area contributed by atoms with Gasteiger partial charge in [-0.3, -0.25) is 4.79 Å². The molecule has 1 saturated heterocycles. The smallest absolute Gasteiger partial charge is 0.310 e. The van der Waals surface area contributed by atoms with Crippen molar-refractivity contribution in [3.05, 3.63) is 0 Å². The minimum atomic E-state index is -0.735. The summed E-state index contributed by atoms with van der Waals surface area (Å²) in [5, 5.41) is 12.8. The number of hydrogen-bond donors (Lipinski definition) is 2. The zero-order valence-electron chi connectivity index (χ0n) is 9.28. The molecule has 0 radical (unpaired) electrons. The molecule has 1 rings (SSSR count). The molecule has 1 atom stereocenters. The van der Waals surface area contributed by atoms with Crippen LogP contribution in [-0.2, 0) is 4.79 Å². The maximum atomic E-state index is 10.9. The average Bonchev–Trinajstić information content (AvgIpc) is 2.19. The number of nitrogens with one attached hydrogen (secondary N) is 1. The lowest BCUT2D eigenvalue weighted by Crippen LogP contribution is -2.39. The Labute approximate surface area is 99.8 Å². The Morgan fingerprint density at radius 1 is 1.53 bits per heavy atom. The van der Waals surface area contributed by atoms with Crippen molar-refractivity contribution in [3.8, 4) is 0 Å². The fraction of sp³-hybridized carbons (Fsp3) is 0.900. The van der Waals surface area contributed by atoms with E-state index >= 15 is 0 Å². The molecule has 2 N–H and O–H groups in total. The number of hydrogen-bond acceptors (Lipinski definition) is 4. The van der Waals surface area contributed by atoms with Crippen LogP contribution in [0.2, 0.25) is 0 Å². The van der Waals surface area contributed by atoms with E-state index in [9.17, 15) is 4.79 Å². The normalized spacial score (nSPS) is 22.7. The molecule has 1 aliphatic rings. The molecule has 5 heteroatoms. The highest BCUT2D eigenvalue weighted by Crippen LogP contribution is 2.23. The summed E-state index contributed by atoms with van der Waals surface area (Å²) in [4.78, 5) is 10.9. The first-order valence-corrected chi connectivity index (χ1v) is 7.36. The number of carbonyl (C=O) groups is 1. The summed E-state index contributed by atoms with van der Waals surface area (Å²) in [5.41, 5.74) is -0.660. The van der Waals surface area contributed by atoms with E-state index in [2.05, 4.69) is 5.32 Å². The highest BCUT2D eigenvalue weighted by Gasteiger charge is 2.26. The lowest BCUT2D eigenvalue weighted by atomic mass is 9.94. The molecule has 0 amide bonds. The first kappa shape index (κ1) is 13.2. The van der Waals surface area contributed by atoms with Crippen LogP contribution in [0.1, 0.15) is 13.8 Å². The molecule has 1 aliphatic heterocycles. The second-order valence-electron chi connectivity index (χ2n) is 4.39. The molecule has 0 saturated carbocycles. The van der Waals surface area contributed by atoms with Crippen molar-refractivity contribution in [2.45, 2.75) is 19.1 Å². The van der Waals surface area contributed by atoms with Crippen LogP contribution in [0, 0.1) is 5.41 Å². The summed E-state index contributed by atoms with van der Waals surface area (Å²) in [6.45, 7) is 4.98. The second kappa shape index (κ2) is 6.01. The molecule has 0 aliphatic carbocycles. The average molecular weight is 249 g/mol. The van der Waals surface area contributed by atoms with Crippen molar-refractivity contribution in [1.29, 1.82) is 0 Å². The van der Waals surface area contributed by atoms with Crippen LogP contribution in [0.4, 0.5) is 0 Å². The van der Waals surface area contributed by atoms with Crippen molar-refractivity contribution < 1.29 is 9.90 Å². The Bertz CT molecular complexity index is 215. The van der Waals surface area contributed by atoms with E-state index in [-0.39, 0.29) is 0 Å². The van der Waals surface area contributed by atoms with Crippen molar-refractivity contribution in [2.75, 3.05) is 30.3 Å². The first-order valence-electron chi connectivity index (χ1n) is 5.16. The van der Waals surface area contributed by atoms with Gasteiger partial charge in [-0.2, -0.15) is 23.5 Å². The van der Waals surface area contributed by atoms with E-state index in [1.807, 2.05) is 23.5 Å². The fourth-order valence-electron chi connectivity index (χ4n) is 1.28. The van der Waals surface area contributed by atoms with Crippen molar-refractivity contribution in [3.63, 3.8) is 0 Å². The van der Waals surface area contributed by atoms with E-state index in [4.69, 9.17) is 5.11 Å². The lowest BCUT2D eigenvalue weighted by Gasteiger charge is -2.24. The van der Waals surface area contributed by atoms with Gasteiger partial charge in [0.05, 0.1) is 5.41 Å². The molecule has 15 heavy (non-hydrogen) atoms. The van der Waals surface area contributed by atoms with Gasteiger partial charge in [-0.1, -0.05) is 0 Å². The lowest BCUT2D eigenvalue weighted by molar-refractivity contribution is -0.146. The van der Waals surface area contributed by atoms with Gasteiger partial charge in [0.25, 0.3) is 0 Å². The molecule has 1 unspecified atom stereocenters. The molecule has 0 spiro atoms. The van der Waals surface area contributed by atoms with E-state index in [0.29, 0.717) is 11.8 Å². The second-order valence-corrected chi connectivity index (χ2v) is 6.95. The van der Waals surface area contributed by atoms with Gasteiger partial charge in [-0.05, 0) is 13.8 Å². The molecule has 0 aromatic rings.